The largest absolute Gasteiger partial charge is 0.460 e. The summed E-state index contributed by atoms with van der Waals surface area (Å²) < 4.78 is 30.8. The van der Waals surface area contributed by atoms with Crippen LogP contribution < -0.4 is 11.6 Å². The molecule has 8 heteroatoms. The third-order valence-corrected chi connectivity index (χ3v) is 2.06. The summed E-state index contributed by atoms with van der Waals surface area (Å²) in [5.41, 5.74) is 5.30. The van der Waals surface area contributed by atoms with E-state index in [2.05, 4.69) is 9.84 Å². The number of hydrazine groups is 1. The summed E-state index contributed by atoms with van der Waals surface area (Å²) >= 11 is 0. The molecule has 1 aromatic rings. The van der Waals surface area contributed by atoms with Gasteiger partial charge >= 0.3 is 5.97 Å². The molecule has 1 rings (SSSR count). The van der Waals surface area contributed by atoms with Gasteiger partial charge in [-0.25, -0.2) is 24.5 Å². The summed E-state index contributed by atoms with van der Waals surface area (Å²) in [6.45, 7) is 1.50. The summed E-state index contributed by atoms with van der Waals surface area (Å²) in [6, 6.07) is 2.93. The van der Waals surface area contributed by atoms with Crippen LogP contribution in [0.5, 0.6) is 0 Å². The fraction of sp³-hybridized carbons (Fsp3) is 0.273. The van der Waals surface area contributed by atoms with E-state index >= 15 is 0 Å². The van der Waals surface area contributed by atoms with Gasteiger partial charge in [0.25, 0.3) is 0 Å². The van der Waals surface area contributed by atoms with Crippen molar-refractivity contribution in [2.75, 3.05) is 6.61 Å². The van der Waals surface area contributed by atoms with Gasteiger partial charge < -0.3 is 10.5 Å². The molecule has 1 aromatic carbocycles. The van der Waals surface area contributed by atoms with E-state index < -0.39 is 23.4 Å². The molecule has 0 aliphatic carbocycles. The minimum atomic E-state index is -0.835. The highest BCUT2D eigenvalue weighted by atomic mass is 19.1. The molecule has 4 N–H and O–H groups in total. The van der Waals surface area contributed by atoms with Crippen LogP contribution in [0.15, 0.2) is 23.3 Å². The Kier molecular flexibility index (Phi) is 5.19. The van der Waals surface area contributed by atoms with Crippen LogP contribution in [0.25, 0.3) is 0 Å². The average Bonchev–Trinajstić information content (AvgIpc) is 2.34. The van der Waals surface area contributed by atoms with Gasteiger partial charge in [0.15, 0.2) is 0 Å². The zero-order valence-corrected chi connectivity index (χ0v) is 10.3. The second-order valence-electron chi connectivity index (χ2n) is 3.54. The van der Waals surface area contributed by atoms with Crippen LogP contribution in [-0.2, 0) is 16.1 Å². The first kappa shape index (κ1) is 14.8. The van der Waals surface area contributed by atoms with E-state index in [-0.39, 0.29) is 18.7 Å². The molecule has 0 saturated heterocycles. The number of nitrogens with zero attached hydrogens (tertiary/aromatic N) is 2. The monoisotopic (exact) mass is 272 g/mol. The van der Waals surface area contributed by atoms with Gasteiger partial charge in [-0.05, 0) is 25.1 Å². The summed E-state index contributed by atoms with van der Waals surface area (Å²) in [5.74, 6) is 2.88. The summed E-state index contributed by atoms with van der Waals surface area (Å²) in [7, 11) is 0. The predicted molar refractivity (Wildman–Crippen MR) is 64.3 cm³/mol. The highest BCUT2D eigenvalue weighted by molar-refractivity contribution is 6.34. The molecule has 0 unspecified atom stereocenters. The molecule has 104 valence electrons. The number of hydrazone groups is 1. The zero-order valence-electron chi connectivity index (χ0n) is 10.3. The number of hydrogen-bond donors (Lipinski definition) is 2. The standard InChI is InChI=1S/C11H14F2N4O2/c1-2-19-11(18)10(14)16-17(15)6-7-5-8(12)3-4-9(7)13/h3-5H,2,6,15H2,1H3,(H2,14,16). The Labute approximate surface area is 108 Å². The number of hydrogen-bond acceptors (Lipinski definition) is 5. The van der Waals surface area contributed by atoms with Gasteiger partial charge in [0, 0.05) is 5.56 Å². The highest BCUT2D eigenvalue weighted by Gasteiger charge is 2.11. The molecule has 0 aliphatic heterocycles. The van der Waals surface area contributed by atoms with E-state index in [1.54, 1.807) is 6.92 Å². The molecule has 0 bridgehead atoms. The van der Waals surface area contributed by atoms with E-state index in [0.29, 0.717) is 0 Å². The molecule has 0 heterocycles. The van der Waals surface area contributed by atoms with E-state index in [4.69, 9.17) is 11.6 Å². The molecule has 19 heavy (non-hydrogen) atoms. The molecule has 0 spiro atoms. The van der Waals surface area contributed by atoms with Crippen molar-refractivity contribution in [1.82, 2.24) is 5.12 Å². The molecule has 0 amide bonds. The molecule has 0 fully saturated rings. The number of halogens is 2. The Morgan fingerprint density at radius 3 is 2.79 bits per heavy atom. The first-order valence-electron chi connectivity index (χ1n) is 5.41. The Hall–Kier alpha value is -2.22. The number of ether oxygens (including phenoxy) is 1. The van der Waals surface area contributed by atoms with Gasteiger partial charge in [-0.3, -0.25) is 0 Å². The minimum absolute atomic E-state index is 0.0112. The molecule has 6 nitrogen and oxygen atoms in total. The minimum Gasteiger partial charge on any atom is -0.460 e. The van der Waals surface area contributed by atoms with Crippen molar-refractivity contribution in [3.05, 3.63) is 35.4 Å². The van der Waals surface area contributed by atoms with Crippen LogP contribution in [0.3, 0.4) is 0 Å². The van der Waals surface area contributed by atoms with Crippen LogP contribution in [0, 0.1) is 11.6 Å². The van der Waals surface area contributed by atoms with Crippen LogP contribution >= 0.6 is 0 Å². The first-order valence-corrected chi connectivity index (χ1v) is 5.41. The van der Waals surface area contributed by atoms with Crippen LogP contribution in [0.4, 0.5) is 8.78 Å². The SMILES string of the molecule is CCOC(=O)/C(N)=N/N(N)Cc1cc(F)ccc1F. The van der Waals surface area contributed by atoms with Gasteiger partial charge in [-0.15, -0.1) is 5.10 Å². The summed E-state index contributed by atoms with van der Waals surface area (Å²) in [5, 5.41) is 4.23. The van der Waals surface area contributed by atoms with Crippen LogP contribution in [-0.4, -0.2) is 23.5 Å². The van der Waals surface area contributed by atoms with Gasteiger partial charge in [-0.1, -0.05) is 0 Å². The normalized spacial score (nSPS) is 11.3. The van der Waals surface area contributed by atoms with Gasteiger partial charge in [-0.2, -0.15) is 0 Å². The Morgan fingerprint density at radius 2 is 2.16 bits per heavy atom. The maximum Gasteiger partial charge on any atom is 0.375 e. The number of nitrogens with two attached hydrogens (primary N) is 2. The third kappa shape index (κ3) is 4.51. The summed E-state index contributed by atoms with van der Waals surface area (Å²) in [6.07, 6.45) is 0. The zero-order chi connectivity index (χ0) is 14.4. The van der Waals surface area contributed by atoms with Crippen molar-refractivity contribution in [3.8, 4) is 0 Å². The molecule has 0 aliphatic rings. The Morgan fingerprint density at radius 1 is 1.47 bits per heavy atom. The lowest BCUT2D eigenvalue weighted by Crippen LogP contribution is -2.33. The van der Waals surface area contributed by atoms with Crippen molar-refractivity contribution in [1.29, 1.82) is 0 Å². The lowest BCUT2D eigenvalue weighted by atomic mass is 10.2. The van der Waals surface area contributed by atoms with E-state index in [1.807, 2.05) is 0 Å². The molecular formula is C11H14F2N4O2. The topological polar surface area (TPSA) is 93.9 Å². The van der Waals surface area contributed by atoms with Crippen LogP contribution in [0.2, 0.25) is 0 Å². The lowest BCUT2D eigenvalue weighted by Gasteiger charge is -2.13. The second kappa shape index (κ2) is 6.64. The average molecular weight is 272 g/mol. The molecule has 0 aromatic heterocycles. The molecule has 0 radical (unpaired) electrons. The van der Waals surface area contributed by atoms with Crippen LogP contribution in [0.1, 0.15) is 12.5 Å². The van der Waals surface area contributed by atoms with E-state index in [1.165, 1.54) is 0 Å². The highest BCUT2D eigenvalue weighted by Crippen LogP contribution is 2.11. The van der Waals surface area contributed by atoms with E-state index in [0.717, 1.165) is 23.3 Å². The second-order valence-corrected chi connectivity index (χ2v) is 3.54. The van der Waals surface area contributed by atoms with Gasteiger partial charge in [0.1, 0.15) is 11.6 Å². The number of carbonyl (C=O) groups excluding carboxylic acids is 1. The summed E-state index contributed by atoms with van der Waals surface area (Å²) in [4.78, 5) is 11.2. The van der Waals surface area contributed by atoms with E-state index in [9.17, 15) is 13.6 Å². The smallest absolute Gasteiger partial charge is 0.375 e. The Balaban J connectivity index is 2.74. The number of amidine groups is 1. The quantitative estimate of drug-likeness (QED) is 0.273. The molecular weight excluding hydrogens is 258 g/mol. The number of carbonyl (C=O) groups is 1. The first-order chi connectivity index (χ1) is 8.93. The Bertz CT molecular complexity index is 494. The predicted octanol–water partition coefficient (Wildman–Crippen LogP) is 0.476. The van der Waals surface area contributed by atoms with Crippen molar-refractivity contribution >= 4 is 11.8 Å². The van der Waals surface area contributed by atoms with Crippen molar-refractivity contribution < 1.29 is 18.3 Å². The fourth-order valence-electron chi connectivity index (χ4n) is 1.26. The van der Waals surface area contributed by atoms with Crippen molar-refractivity contribution in [2.24, 2.45) is 16.7 Å². The van der Waals surface area contributed by atoms with Crippen molar-refractivity contribution in [3.63, 3.8) is 0 Å². The van der Waals surface area contributed by atoms with Crippen molar-refractivity contribution in [2.45, 2.75) is 13.5 Å². The molecule has 0 saturated carbocycles. The van der Waals surface area contributed by atoms with Gasteiger partial charge in [0.05, 0.1) is 13.2 Å². The number of benzene rings is 1. The fourth-order valence-corrected chi connectivity index (χ4v) is 1.26. The maximum atomic E-state index is 13.3. The number of esters is 1. The maximum absolute atomic E-state index is 13.3. The van der Waals surface area contributed by atoms with Gasteiger partial charge in [0.2, 0.25) is 5.84 Å². The number of rotatable bonds is 4. The molecule has 0 atom stereocenters. The lowest BCUT2D eigenvalue weighted by molar-refractivity contribution is -0.135. The third-order valence-electron chi connectivity index (χ3n) is 2.06.